The first kappa shape index (κ1) is 16.1. The highest BCUT2D eigenvalue weighted by molar-refractivity contribution is 5.62. The maximum absolute atomic E-state index is 11.2. The lowest BCUT2D eigenvalue weighted by Crippen LogP contribution is -2.30. The summed E-state index contributed by atoms with van der Waals surface area (Å²) in [6.45, 7) is 5.65. The molecular formula is C12H22N6O2. The van der Waals surface area contributed by atoms with Crippen molar-refractivity contribution in [3.63, 3.8) is 0 Å². The van der Waals surface area contributed by atoms with Crippen molar-refractivity contribution >= 4 is 17.5 Å². The van der Waals surface area contributed by atoms with Crippen LogP contribution in [0.25, 0.3) is 0 Å². The first-order chi connectivity index (χ1) is 9.36. The van der Waals surface area contributed by atoms with Gasteiger partial charge in [-0.25, -0.2) is 4.98 Å². The first-order valence-electron chi connectivity index (χ1n) is 6.49. The third kappa shape index (κ3) is 4.02. The molecule has 1 aromatic heterocycles. The van der Waals surface area contributed by atoms with Crippen LogP contribution in [0.2, 0.25) is 0 Å². The fourth-order valence-electron chi connectivity index (χ4n) is 1.72. The van der Waals surface area contributed by atoms with Crippen LogP contribution in [-0.4, -0.2) is 60.6 Å². The van der Waals surface area contributed by atoms with Gasteiger partial charge in [0.2, 0.25) is 11.8 Å². The molecule has 0 aliphatic heterocycles. The molecule has 0 radical (unpaired) electrons. The molecule has 0 atom stereocenters. The summed E-state index contributed by atoms with van der Waals surface area (Å²) in [4.78, 5) is 23.0. The Morgan fingerprint density at radius 1 is 1.25 bits per heavy atom. The van der Waals surface area contributed by atoms with Crippen LogP contribution >= 0.6 is 0 Å². The highest BCUT2D eigenvalue weighted by Gasteiger charge is 2.24. The number of rotatable bonds is 7. The molecule has 0 fully saturated rings. The van der Waals surface area contributed by atoms with E-state index in [-0.39, 0.29) is 5.69 Å². The molecule has 1 rings (SSSR count). The molecule has 0 saturated carbocycles. The van der Waals surface area contributed by atoms with Crippen molar-refractivity contribution in [2.75, 3.05) is 51.0 Å². The predicted octanol–water partition coefficient (Wildman–Crippen LogP) is 1.12. The number of anilines is 2. The van der Waals surface area contributed by atoms with Crippen molar-refractivity contribution in [1.29, 1.82) is 0 Å². The maximum Gasteiger partial charge on any atom is 0.332 e. The highest BCUT2D eigenvalue weighted by atomic mass is 16.6. The summed E-state index contributed by atoms with van der Waals surface area (Å²) in [5, 5.41) is 14.2. The largest absolute Gasteiger partial charge is 0.354 e. The molecule has 1 N–H and O–H groups in total. The molecular weight excluding hydrogens is 260 g/mol. The minimum Gasteiger partial charge on any atom is -0.354 e. The maximum atomic E-state index is 11.2. The lowest BCUT2D eigenvalue weighted by atomic mass is 10.3. The molecule has 0 aromatic carbocycles. The van der Waals surface area contributed by atoms with E-state index in [4.69, 9.17) is 0 Å². The van der Waals surface area contributed by atoms with E-state index in [0.717, 1.165) is 6.54 Å². The van der Waals surface area contributed by atoms with Crippen molar-refractivity contribution in [2.24, 2.45) is 0 Å². The number of hydrogen-bond donors (Lipinski definition) is 1. The van der Waals surface area contributed by atoms with E-state index in [1.807, 2.05) is 25.9 Å². The van der Waals surface area contributed by atoms with Gasteiger partial charge in [-0.3, -0.25) is 10.1 Å². The van der Waals surface area contributed by atoms with Gasteiger partial charge in [-0.05, 0) is 27.9 Å². The van der Waals surface area contributed by atoms with Crippen LogP contribution in [0.4, 0.5) is 17.5 Å². The fourth-order valence-corrected chi connectivity index (χ4v) is 1.72. The van der Waals surface area contributed by atoms with Crippen LogP contribution < -0.4 is 10.2 Å². The molecule has 112 valence electrons. The summed E-state index contributed by atoms with van der Waals surface area (Å²) in [6.07, 6.45) is 0. The fraction of sp³-hybridized carbons (Fsp3) is 0.667. The number of nitrogens with one attached hydrogen (secondary N) is 1. The highest BCUT2D eigenvalue weighted by Crippen LogP contribution is 2.28. The third-order valence-electron chi connectivity index (χ3n) is 2.80. The number of nitrogens with zero attached hydrogens (tertiary/aromatic N) is 5. The van der Waals surface area contributed by atoms with Gasteiger partial charge in [0.15, 0.2) is 0 Å². The molecule has 0 unspecified atom stereocenters. The van der Waals surface area contributed by atoms with Crippen molar-refractivity contribution in [3.8, 4) is 0 Å². The lowest BCUT2D eigenvalue weighted by molar-refractivity contribution is -0.385. The molecule has 0 bridgehead atoms. The normalized spacial score (nSPS) is 10.7. The first-order valence-corrected chi connectivity index (χ1v) is 6.49. The van der Waals surface area contributed by atoms with Crippen LogP contribution in [0.3, 0.4) is 0 Å². The zero-order valence-corrected chi connectivity index (χ0v) is 12.7. The van der Waals surface area contributed by atoms with E-state index in [1.54, 1.807) is 18.9 Å². The predicted molar refractivity (Wildman–Crippen MR) is 79.4 cm³/mol. The quantitative estimate of drug-likeness (QED) is 0.592. The molecule has 8 heteroatoms. The van der Waals surface area contributed by atoms with Crippen LogP contribution in [0.1, 0.15) is 12.6 Å². The van der Waals surface area contributed by atoms with E-state index in [2.05, 4.69) is 15.3 Å². The Hall–Kier alpha value is -1.96. The number of nitro groups is 1. The SMILES string of the molecule is CCNc1nc(C)c([N+](=O)[O-])c(N(C)CCN(C)C)n1. The minimum absolute atomic E-state index is 0.0343. The van der Waals surface area contributed by atoms with Gasteiger partial charge in [-0.15, -0.1) is 0 Å². The Bertz CT molecular complexity index is 477. The van der Waals surface area contributed by atoms with Gasteiger partial charge in [0.05, 0.1) is 4.92 Å². The summed E-state index contributed by atoms with van der Waals surface area (Å²) in [6, 6.07) is 0. The van der Waals surface area contributed by atoms with E-state index < -0.39 is 4.92 Å². The molecule has 20 heavy (non-hydrogen) atoms. The minimum atomic E-state index is -0.424. The lowest BCUT2D eigenvalue weighted by Gasteiger charge is -2.21. The monoisotopic (exact) mass is 282 g/mol. The van der Waals surface area contributed by atoms with Crippen LogP contribution in [-0.2, 0) is 0 Å². The van der Waals surface area contributed by atoms with E-state index in [1.165, 1.54) is 0 Å². The summed E-state index contributed by atoms with van der Waals surface area (Å²) in [7, 11) is 5.71. The summed E-state index contributed by atoms with van der Waals surface area (Å²) in [5.74, 6) is 0.766. The molecule has 0 aliphatic carbocycles. The smallest absolute Gasteiger partial charge is 0.332 e. The van der Waals surface area contributed by atoms with Gasteiger partial charge < -0.3 is 15.1 Å². The van der Waals surface area contributed by atoms with Gasteiger partial charge >= 0.3 is 5.69 Å². The van der Waals surface area contributed by atoms with Gasteiger partial charge in [0, 0.05) is 26.7 Å². The second-order valence-electron chi connectivity index (χ2n) is 4.82. The van der Waals surface area contributed by atoms with Crippen molar-refractivity contribution < 1.29 is 4.92 Å². The third-order valence-corrected chi connectivity index (χ3v) is 2.80. The number of hydrogen-bond acceptors (Lipinski definition) is 7. The van der Waals surface area contributed by atoms with Crippen LogP contribution in [0.5, 0.6) is 0 Å². The topological polar surface area (TPSA) is 87.4 Å². The van der Waals surface area contributed by atoms with Crippen molar-refractivity contribution in [2.45, 2.75) is 13.8 Å². The summed E-state index contributed by atoms with van der Waals surface area (Å²) < 4.78 is 0. The van der Waals surface area contributed by atoms with Gasteiger partial charge in [-0.2, -0.15) is 4.98 Å². The Morgan fingerprint density at radius 2 is 1.90 bits per heavy atom. The molecule has 0 aliphatic rings. The Kier molecular flexibility index (Phi) is 5.63. The van der Waals surface area contributed by atoms with Crippen LogP contribution in [0, 0.1) is 17.0 Å². The number of aryl methyl sites for hydroxylation is 1. The number of aromatic nitrogens is 2. The molecule has 8 nitrogen and oxygen atoms in total. The van der Waals surface area contributed by atoms with E-state index in [9.17, 15) is 10.1 Å². The van der Waals surface area contributed by atoms with Gasteiger partial charge in [0.1, 0.15) is 5.69 Å². The zero-order valence-electron chi connectivity index (χ0n) is 12.7. The molecule has 0 amide bonds. The average Bonchev–Trinajstić information content (AvgIpc) is 2.34. The van der Waals surface area contributed by atoms with E-state index >= 15 is 0 Å². The summed E-state index contributed by atoms with van der Waals surface area (Å²) in [5.41, 5.74) is 0.334. The Morgan fingerprint density at radius 3 is 2.40 bits per heavy atom. The van der Waals surface area contributed by atoms with Crippen molar-refractivity contribution in [3.05, 3.63) is 15.8 Å². The average molecular weight is 282 g/mol. The molecule has 0 saturated heterocycles. The van der Waals surface area contributed by atoms with Gasteiger partial charge in [-0.1, -0.05) is 0 Å². The Balaban J connectivity index is 3.15. The molecule has 1 aromatic rings. The molecule has 1 heterocycles. The van der Waals surface area contributed by atoms with E-state index in [0.29, 0.717) is 30.5 Å². The second-order valence-corrected chi connectivity index (χ2v) is 4.82. The standard InChI is InChI=1S/C12H22N6O2/c1-6-13-12-14-9(2)10(18(19)20)11(15-12)17(5)8-7-16(3)4/h6-8H2,1-5H3,(H,13,14,15). The van der Waals surface area contributed by atoms with Crippen molar-refractivity contribution in [1.82, 2.24) is 14.9 Å². The Labute approximate surface area is 119 Å². The molecule has 0 spiro atoms. The zero-order chi connectivity index (χ0) is 15.3. The summed E-state index contributed by atoms with van der Waals surface area (Å²) >= 11 is 0. The second kappa shape index (κ2) is 6.99. The van der Waals surface area contributed by atoms with Crippen LogP contribution in [0.15, 0.2) is 0 Å². The number of likely N-dealkylation sites (N-methyl/N-ethyl adjacent to an activating group) is 2. The van der Waals surface area contributed by atoms with Gasteiger partial charge in [0.25, 0.3) is 0 Å².